The van der Waals surface area contributed by atoms with E-state index in [1.165, 1.54) is 13.0 Å². The molecule has 0 unspecified atom stereocenters. The monoisotopic (exact) mass is 165 g/mol. The fourth-order valence-corrected chi connectivity index (χ4v) is 0.539. The van der Waals surface area contributed by atoms with Crippen LogP contribution in [0, 0.1) is 11.3 Å². The molecule has 0 saturated heterocycles. The fourth-order valence-electron chi connectivity index (χ4n) is 0.539. The predicted molar refractivity (Wildman–Crippen MR) is 44.9 cm³/mol. The smallest absolute Gasteiger partial charge is 0.307 e. The van der Waals surface area contributed by atoms with Gasteiger partial charge in [-0.2, -0.15) is 5.26 Å². The minimum absolute atomic E-state index is 0.212. The molecule has 0 N–H and O–H groups in total. The molecule has 1 aliphatic carbocycles. The molecule has 12 heavy (non-hydrogen) atoms. The maximum atomic E-state index is 10.2. The largest absolute Gasteiger partial charge is 0.432 e. The molecule has 64 valence electrons. The fraction of sp³-hybridized carbons (Fsp3) is 0.333. The number of nitrogens with zero attached hydrogens (tertiary/aromatic N) is 1. The van der Waals surface area contributed by atoms with Gasteiger partial charge in [0.2, 0.25) is 0 Å². The van der Waals surface area contributed by atoms with Crippen LogP contribution in [0.2, 0.25) is 0 Å². The third-order valence-electron chi connectivity index (χ3n) is 1.13. The van der Waals surface area contributed by atoms with Gasteiger partial charge in [-0.3, -0.25) is 4.79 Å². The summed E-state index contributed by atoms with van der Waals surface area (Å²) in [4.78, 5) is 10.2. The standard InChI is InChI=1S/C6H8O2.C3H3N/c1-5(7)8-6-3-2-4-6;1-2-3-4/h3H,2,4H2,1H3;2H,1H2. The Morgan fingerprint density at radius 2 is 2.42 bits per heavy atom. The first kappa shape index (κ1) is 10.4. The van der Waals surface area contributed by atoms with E-state index >= 15 is 0 Å². The molecule has 3 heteroatoms. The maximum Gasteiger partial charge on any atom is 0.307 e. The summed E-state index contributed by atoms with van der Waals surface area (Å²) < 4.78 is 4.71. The molecule has 0 fully saturated rings. The number of hydrogen-bond acceptors (Lipinski definition) is 3. The van der Waals surface area contributed by atoms with Crippen LogP contribution in [-0.2, 0) is 9.53 Å². The van der Waals surface area contributed by atoms with E-state index < -0.39 is 0 Å². The van der Waals surface area contributed by atoms with Crippen molar-refractivity contribution in [1.29, 1.82) is 5.26 Å². The topological polar surface area (TPSA) is 50.1 Å². The molecule has 0 radical (unpaired) electrons. The normalized spacial score (nSPS) is 12.2. The number of hydrogen-bond donors (Lipinski definition) is 0. The Morgan fingerprint density at radius 1 is 1.92 bits per heavy atom. The van der Waals surface area contributed by atoms with Crippen LogP contribution >= 0.6 is 0 Å². The molecule has 1 rings (SSSR count). The first-order chi connectivity index (χ1) is 5.70. The van der Waals surface area contributed by atoms with Crippen molar-refractivity contribution in [1.82, 2.24) is 0 Å². The summed E-state index contributed by atoms with van der Waals surface area (Å²) in [5, 5.41) is 7.51. The number of carbonyl (C=O) groups excluding carboxylic acids is 1. The van der Waals surface area contributed by atoms with Crippen LogP contribution in [0.3, 0.4) is 0 Å². The molecule has 0 aromatic heterocycles. The summed E-state index contributed by atoms with van der Waals surface area (Å²) in [5.74, 6) is 0.619. The molecule has 0 spiro atoms. The Balaban J connectivity index is 0.000000261. The Morgan fingerprint density at radius 3 is 2.50 bits per heavy atom. The van der Waals surface area contributed by atoms with Gasteiger partial charge in [0.05, 0.1) is 6.07 Å². The van der Waals surface area contributed by atoms with Gasteiger partial charge in [-0.15, -0.1) is 0 Å². The Kier molecular flexibility index (Phi) is 5.37. The highest BCUT2D eigenvalue weighted by Crippen LogP contribution is 2.18. The molecule has 0 amide bonds. The van der Waals surface area contributed by atoms with Gasteiger partial charge in [-0.05, 0) is 12.5 Å². The van der Waals surface area contributed by atoms with Gasteiger partial charge in [-0.25, -0.2) is 0 Å². The lowest BCUT2D eigenvalue weighted by atomic mass is 10.1. The van der Waals surface area contributed by atoms with Crippen molar-refractivity contribution in [2.45, 2.75) is 19.8 Å². The zero-order valence-electron chi connectivity index (χ0n) is 7.04. The molecular weight excluding hydrogens is 154 g/mol. The average Bonchev–Trinajstić information content (AvgIpc) is 1.97. The summed E-state index contributed by atoms with van der Waals surface area (Å²) in [6, 6.07) is 1.69. The van der Waals surface area contributed by atoms with Crippen LogP contribution in [0.15, 0.2) is 24.5 Å². The minimum atomic E-state index is -0.212. The summed E-state index contributed by atoms with van der Waals surface area (Å²) in [5.41, 5.74) is 0. The average molecular weight is 165 g/mol. The summed E-state index contributed by atoms with van der Waals surface area (Å²) in [6.45, 7) is 4.53. The van der Waals surface area contributed by atoms with E-state index in [9.17, 15) is 4.79 Å². The van der Waals surface area contributed by atoms with Gasteiger partial charge in [0.15, 0.2) is 0 Å². The van der Waals surface area contributed by atoms with Crippen LogP contribution in [0.4, 0.5) is 0 Å². The third kappa shape index (κ3) is 5.24. The molecule has 3 nitrogen and oxygen atoms in total. The number of esters is 1. The summed E-state index contributed by atoms with van der Waals surface area (Å²) in [6.07, 6.45) is 5.09. The van der Waals surface area contributed by atoms with Gasteiger partial charge >= 0.3 is 5.97 Å². The lowest BCUT2D eigenvalue weighted by Gasteiger charge is -2.11. The van der Waals surface area contributed by atoms with Crippen molar-refractivity contribution in [3.63, 3.8) is 0 Å². The Hall–Kier alpha value is -1.56. The van der Waals surface area contributed by atoms with E-state index in [0.29, 0.717) is 0 Å². The quantitative estimate of drug-likeness (QED) is 0.440. The number of nitriles is 1. The molecule has 0 atom stereocenters. The van der Waals surface area contributed by atoms with Gasteiger partial charge < -0.3 is 4.74 Å². The number of allylic oxidation sites excluding steroid dienone is 3. The molecule has 1 aliphatic rings. The van der Waals surface area contributed by atoms with Gasteiger partial charge in [0, 0.05) is 19.4 Å². The van der Waals surface area contributed by atoms with Crippen LogP contribution < -0.4 is 0 Å². The number of carbonyl (C=O) groups is 1. The summed E-state index contributed by atoms with van der Waals surface area (Å²) in [7, 11) is 0. The van der Waals surface area contributed by atoms with E-state index in [4.69, 9.17) is 10.00 Å². The zero-order valence-corrected chi connectivity index (χ0v) is 7.04. The number of rotatable bonds is 1. The van der Waals surface area contributed by atoms with Crippen LogP contribution in [0.25, 0.3) is 0 Å². The van der Waals surface area contributed by atoms with Crippen molar-refractivity contribution in [3.05, 3.63) is 24.5 Å². The van der Waals surface area contributed by atoms with Crippen molar-refractivity contribution in [2.24, 2.45) is 0 Å². The van der Waals surface area contributed by atoms with Crippen LogP contribution in [0.5, 0.6) is 0 Å². The summed E-state index contributed by atoms with van der Waals surface area (Å²) >= 11 is 0. The van der Waals surface area contributed by atoms with E-state index in [2.05, 4.69) is 6.58 Å². The molecule has 0 aliphatic heterocycles. The second-order valence-corrected chi connectivity index (χ2v) is 2.14. The van der Waals surface area contributed by atoms with Crippen molar-refractivity contribution >= 4 is 5.97 Å². The maximum absolute atomic E-state index is 10.2. The molecular formula is C9H11NO2. The number of ether oxygens (including phenoxy) is 1. The molecule has 0 bridgehead atoms. The van der Waals surface area contributed by atoms with E-state index in [1.807, 2.05) is 6.08 Å². The van der Waals surface area contributed by atoms with Crippen LogP contribution in [0.1, 0.15) is 19.8 Å². The highest BCUT2D eigenvalue weighted by molar-refractivity contribution is 5.67. The molecule has 0 aromatic rings. The van der Waals surface area contributed by atoms with Crippen molar-refractivity contribution < 1.29 is 9.53 Å². The Labute approximate surface area is 71.9 Å². The molecule has 0 heterocycles. The molecule has 0 aromatic carbocycles. The van der Waals surface area contributed by atoms with Gasteiger partial charge in [-0.1, -0.05) is 6.58 Å². The highest BCUT2D eigenvalue weighted by atomic mass is 16.5. The predicted octanol–water partition coefficient (Wildman–Crippen LogP) is 1.92. The highest BCUT2D eigenvalue weighted by Gasteiger charge is 2.07. The van der Waals surface area contributed by atoms with E-state index in [-0.39, 0.29) is 5.97 Å². The lowest BCUT2D eigenvalue weighted by molar-refractivity contribution is -0.137. The molecule has 0 saturated carbocycles. The lowest BCUT2D eigenvalue weighted by Crippen LogP contribution is -2.03. The van der Waals surface area contributed by atoms with Crippen LogP contribution in [-0.4, -0.2) is 5.97 Å². The van der Waals surface area contributed by atoms with E-state index in [0.717, 1.165) is 18.6 Å². The van der Waals surface area contributed by atoms with Crippen molar-refractivity contribution in [2.75, 3.05) is 0 Å². The Bertz CT molecular complexity index is 235. The van der Waals surface area contributed by atoms with Gasteiger partial charge in [0.25, 0.3) is 0 Å². The van der Waals surface area contributed by atoms with E-state index in [1.54, 1.807) is 6.07 Å². The first-order valence-electron chi connectivity index (χ1n) is 3.58. The zero-order chi connectivity index (χ0) is 9.40. The SMILES string of the molecule is C=CC#N.CC(=O)OC1=CCC1. The second kappa shape index (κ2) is 6.17. The third-order valence-corrected chi connectivity index (χ3v) is 1.13. The first-order valence-corrected chi connectivity index (χ1v) is 3.58. The second-order valence-electron chi connectivity index (χ2n) is 2.14. The van der Waals surface area contributed by atoms with Gasteiger partial charge in [0.1, 0.15) is 5.76 Å². The van der Waals surface area contributed by atoms with Crippen molar-refractivity contribution in [3.8, 4) is 6.07 Å². The minimum Gasteiger partial charge on any atom is -0.432 e.